The van der Waals surface area contributed by atoms with Gasteiger partial charge in [-0.3, -0.25) is 4.79 Å². The van der Waals surface area contributed by atoms with Gasteiger partial charge >= 0.3 is 12.1 Å². The number of halogens is 1. The van der Waals surface area contributed by atoms with Crippen LogP contribution < -0.4 is 5.32 Å². The molecule has 1 saturated heterocycles. The number of amides is 1. The lowest BCUT2D eigenvalue weighted by Gasteiger charge is -2.37. The fourth-order valence-electron chi connectivity index (χ4n) is 3.23. The standard InChI is InChI=1S/C18H24ClN5O4/c1-18(2,3)28-17(26)24-8-10(15(25)27-4)7-11(9-24)21-14-12-5-6-20-13(12)22-16(19)23-14/h5-6,10-11H,7-9H2,1-4H3,(H2,20,21,22,23). The second-order valence-electron chi connectivity index (χ2n) is 7.76. The minimum atomic E-state index is -0.629. The molecule has 1 amide bonds. The Balaban J connectivity index is 1.83. The first-order valence-electron chi connectivity index (χ1n) is 8.99. The van der Waals surface area contributed by atoms with Crippen molar-refractivity contribution >= 4 is 40.5 Å². The Hall–Kier alpha value is -2.55. The number of piperidine rings is 1. The van der Waals surface area contributed by atoms with Gasteiger partial charge in [0.1, 0.15) is 17.1 Å². The van der Waals surface area contributed by atoms with E-state index < -0.39 is 17.6 Å². The summed E-state index contributed by atoms with van der Waals surface area (Å²) < 4.78 is 10.4. The normalized spacial score (nSPS) is 20.1. The molecule has 1 fully saturated rings. The van der Waals surface area contributed by atoms with Crippen LogP contribution in [0.25, 0.3) is 11.0 Å². The van der Waals surface area contributed by atoms with E-state index >= 15 is 0 Å². The number of H-pyrrole nitrogens is 1. The molecule has 0 radical (unpaired) electrons. The Kier molecular flexibility index (Phi) is 5.64. The predicted molar refractivity (Wildman–Crippen MR) is 104 cm³/mol. The highest BCUT2D eigenvalue weighted by Crippen LogP contribution is 2.26. The number of carbonyl (C=O) groups excluding carboxylic acids is 2. The lowest BCUT2D eigenvalue weighted by atomic mass is 9.94. The van der Waals surface area contributed by atoms with E-state index in [1.165, 1.54) is 12.0 Å². The third-order valence-corrected chi connectivity index (χ3v) is 4.54. The number of rotatable bonds is 3. The van der Waals surface area contributed by atoms with Crippen LogP contribution in [0.3, 0.4) is 0 Å². The number of nitrogens with zero attached hydrogens (tertiary/aromatic N) is 3. The highest BCUT2D eigenvalue weighted by Gasteiger charge is 2.36. The average Bonchev–Trinajstić information content (AvgIpc) is 3.07. The smallest absolute Gasteiger partial charge is 0.410 e. The van der Waals surface area contributed by atoms with Crippen molar-refractivity contribution in [2.24, 2.45) is 5.92 Å². The summed E-state index contributed by atoms with van der Waals surface area (Å²) in [6, 6.07) is 1.59. The molecule has 0 aromatic carbocycles. The van der Waals surface area contributed by atoms with Gasteiger partial charge in [0, 0.05) is 25.3 Å². The van der Waals surface area contributed by atoms with Gasteiger partial charge in [-0.2, -0.15) is 4.98 Å². The molecule has 0 aliphatic carbocycles. The van der Waals surface area contributed by atoms with Crippen LogP contribution in [-0.2, 0) is 14.3 Å². The van der Waals surface area contributed by atoms with Crippen LogP contribution in [0.15, 0.2) is 12.3 Å². The zero-order valence-electron chi connectivity index (χ0n) is 16.3. The lowest BCUT2D eigenvalue weighted by molar-refractivity contribution is -0.147. The summed E-state index contributed by atoms with van der Waals surface area (Å²) >= 11 is 6.01. The molecule has 1 aliphatic rings. The van der Waals surface area contributed by atoms with Gasteiger partial charge in [0.25, 0.3) is 0 Å². The fraction of sp³-hybridized carbons (Fsp3) is 0.556. The van der Waals surface area contributed by atoms with E-state index in [1.54, 1.807) is 27.0 Å². The van der Waals surface area contributed by atoms with E-state index in [1.807, 2.05) is 6.07 Å². The largest absolute Gasteiger partial charge is 0.469 e. The summed E-state index contributed by atoms with van der Waals surface area (Å²) in [5.41, 5.74) is -0.0257. The predicted octanol–water partition coefficient (Wildman–Crippen LogP) is 2.82. The second kappa shape index (κ2) is 7.83. The monoisotopic (exact) mass is 409 g/mol. The number of hydrogen-bond donors (Lipinski definition) is 2. The molecule has 10 heteroatoms. The van der Waals surface area contributed by atoms with E-state index in [0.717, 1.165) is 5.39 Å². The van der Waals surface area contributed by atoms with E-state index in [4.69, 9.17) is 21.1 Å². The maximum absolute atomic E-state index is 12.6. The number of esters is 1. The zero-order valence-corrected chi connectivity index (χ0v) is 17.0. The van der Waals surface area contributed by atoms with Gasteiger partial charge in [0.2, 0.25) is 5.28 Å². The number of ether oxygens (including phenoxy) is 2. The van der Waals surface area contributed by atoms with Crippen molar-refractivity contribution in [2.45, 2.75) is 38.8 Å². The third-order valence-electron chi connectivity index (χ3n) is 4.37. The van der Waals surface area contributed by atoms with Gasteiger partial charge in [0.05, 0.1) is 18.4 Å². The van der Waals surface area contributed by atoms with Crippen molar-refractivity contribution in [1.29, 1.82) is 0 Å². The number of aromatic nitrogens is 3. The Morgan fingerprint density at radius 3 is 2.75 bits per heavy atom. The molecule has 9 nitrogen and oxygen atoms in total. The number of aromatic amines is 1. The highest BCUT2D eigenvalue weighted by molar-refractivity contribution is 6.28. The van der Waals surface area contributed by atoms with E-state index in [0.29, 0.717) is 24.4 Å². The molecule has 2 N–H and O–H groups in total. The molecule has 1 aliphatic heterocycles. The summed E-state index contributed by atoms with van der Waals surface area (Å²) in [4.78, 5) is 37.6. The van der Waals surface area contributed by atoms with Crippen LogP contribution >= 0.6 is 11.6 Å². The van der Waals surface area contributed by atoms with Crippen LogP contribution in [-0.4, -0.2) is 63.8 Å². The summed E-state index contributed by atoms with van der Waals surface area (Å²) in [6.45, 7) is 6.00. The van der Waals surface area contributed by atoms with Gasteiger partial charge in [-0.25, -0.2) is 9.78 Å². The van der Waals surface area contributed by atoms with Crippen molar-refractivity contribution in [2.75, 3.05) is 25.5 Å². The summed E-state index contributed by atoms with van der Waals surface area (Å²) in [7, 11) is 1.34. The van der Waals surface area contributed by atoms with Crippen molar-refractivity contribution in [3.05, 3.63) is 17.5 Å². The maximum atomic E-state index is 12.6. The van der Waals surface area contributed by atoms with Crippen LogP contribution in [0.5, 0.6) is 0 Å². The summed E-state index contributed by atoms with van der Waals surface area (Å²) in [5, 5.41) is 4.17. The van der Waals surface area contributed by atoms with Crippen LogP contribution in [0.2, 0.25) is 5.28 Å². The molecule has 3 heterocycles. The molecule has 2 aromatic heterocycles. The number of fused-ring (bicyclic) bond motifs is 1. The molecular weight excluding hydrogens is 386 g/mol. The van der Waals surface area contributed by atoms with Crippen LogP contribution in [0, 0.1) is 5.92 Å². The lowest BCUT2D eigenvalue weighted by Crippen LogP contribution is -2.52. The molecule has 3 rings (SSSR count). The van der Waals surface area contributed by atoms with Crippen molar-refractivity contribution in [3.63, 3.8) is 0 Å². The first-order chi connectivity index (χ1) is 13.2. The molecule has 2 aromatic rings. The first kappa shape index (κ1) is 20.2. The van der Waals surface area contributed by atoms with Crippen molar-refractivity contribution in [1.82, 2.24) is 19.9 Å². The Morgan fingerprint density at radius 2 is 2.07 bits per heavy atom. The van der Waals surface area contributed by atoms with Gasteiger partial charge in [-0.05, 0) is 44.9 Å². The Morgan fingerprint density at radius 1 is 1.32 bits per heavy atom. The van der Waals surface area contributed by atoms with Crippen molar-refractivity contribution < 1.29 is 19.1 Å². The molecular formula is C18H24ClN5O4. The average molecular weight is 410 g/mol. The van der Waals surface area contributed by atoms with E-state index in [2.05, 4.69) is 20.3 Å². The highest BCUT2D eigenvalue weighted by atomic mass is 35.5. The molecule has 2 unspecified atom stereocenters. The molecule has 0 saturated carbocycles. The number of anilines is 1. The Labute approximate surface area is 167 Å². The van der Waals surface area contributed by atoms with Crippen molar-refractivity contribution in [3.8, 4) is 0 Å². The zero-order chi connectivity index (χ0) is 20.5. The SMILES string of the molecule is COC(=O)C1CC(Nc2nc(Cl)nc3[nH]ccc23)CN(C(=O)OC(C)(C)C)C1. The molecule has 2 atom stereocenters. The molecule has 0 bridgehead atoms. The van der Waals surface area contributed by atoms with E-state index in [9.17, 15) is 9.59 Å². The molecule has 28 heavy (non-hydrogen) atoms. The first-order valence-corrected chi connectivity index (χ1v) is 9.37. The summed E-state index contributed by atoms with van der Waals surface area (Å²) in [5.74, 6) is -0.300. The molecule has 0 spiro atoms. The quantitative estimate of drug-likeness (QED) is 0.592. The number of hydrogen-bond acceptors (Lipinski definition) is 7. The van der Waals surface area contributed by atoms with Gasteiger partial charge < -0.3 is 24.7 Å². The number of methoxy groups -OCH3 is 1. The Bertz CT molecular complexity index is 878. The summed E-state index contributed by atoms with van der Waals surface area (Å²) in [6.07, 6.45) is 1.76. The number of likely N-dealkylation sites (tertiary alicyclic amines) is 1. The minimum Gasteiger partial charge on any atom is -0.469 e. The fourth-order valence-corrected chi connectivity index (χ4v) is 3.40. The van der Waals surface area contributed by atoms with Gasteiger partial charge in [-0.15, -0.1) is 0 Å². The van der Waals surface area contributed by atoms with Crippen LogP contribution in [0.4, 0.5) is 10.6 Å². The van der Waals surface area contributed by atoms with Crippen LogP contribution in [0.1, 0.15) is 27.2 Å². The maximum Gasteiger partial charge on any atom is 0.410 e. The van der Waals surface area contributed by atoms with Gasteiger partial charge in [0.15, 0.2) is 0 Å². The minimum absolute atomic E-state index is 0.0989. The third kappa shape index (κ3) is 4.64. The number of nitrogens with one attached hydrogen (secondary N) is 2. The number of carbonyl (C=O) groups is 2. The van der Waals surface area contributed by atoms with E-state index in [-0.39, 0.29) is 23.8 Å². The molecule has 152 valence electrons. The topological polar surface area (TPSA) is 109 Å². The second-order valence-corrected chi connectivity index (χ2v) is 8.10. The van der Waals surface area contributed by atoms with Gasteiger partial charge in [-0.1, -0.05) is 0 Å².